The van der Waals surface area contributed by atoms with E-state index < -0.39 is 0 Å². The molecule has 3 aliphatic carbocycles. The summed E-state index contributed by atoms with van der Waals surface area (Å²) in [6, 6.07) is 17.7. The maximum Gasteiger partial charge on any atom is 0.309 e. The molecular formula is C36H41FO4. The van der Waals surface area contributed by atoms with Crippen LogP contribution >= 0.6 is 0 Å². The van der Waals surface area contributed by atoms with Crippen LogP contribution in [0.2, 0.25) is 0 Å². The molecule has 0 radical (unpaired) electrons. The summed E-state index contributed by atoms with van der Waals surface area (Å²) in [4.78, 5) is 12.6. The molecule has 3 aromatic carbocycles. The summed E-state index contributed by atoms with van der Waals surface area (Å²) in [5.41, 5.74) is 6.36. The number of carbonyl (C=O) groups is 1. The fraction of sp³-hybridized carbons (Fsp3) is 0.472. The SMILES string of the molecule is COC(=O)[C@@H]1CC[C@]12CCCc1ccc(OCc3ccc(-c4cc(OC)ccc4F)c([C@@H]4CCCC4(C)C)c3)cc12. The van der Waals surface area contributed by atoms with Crippen LogP contribution in [0.15, 0.2) is 54.6 Å². The lowest BCUT2D eigenvalue weighted by atomic mass is 9.52. The van der Waals surface area contributed by atoms with Crippen molar-refractivity contribution in [1.82, 2.24) is 0 Å². The van der Waals surface area contributed by atoms with E-state index in [1.807, 2.05) is 0 Å². The molecule has 2 fully saturated rings. The van der Waals surface area contributed by atoms with Gasteiger partial charge in [0.15, 0.2) is 0 Å². The summed E-state index contributed by atoms with van der Waals surface area (Å²) in [7, 11) is 3.11. The minimum absolute atomic E-state index is 0.0660. The molecule has 0 aromatic heterocycles. The van der Waals surface area contributed by atoms with E-state index in [-0.39, 0.29) is 28.5 Å². The molecule has 5 heteroatoms. The Bertz CT molecular complexity index is 1460. The number of benzene rings is 3. The molecule has 3 aromatic rings. The number of hydrogen-bond acceptors (Lipinski definition) is 4. The van der Waals surface area contributed by atoms with Crippen LogP contribution in [0.25, 0.3) is 11.1 Å². The van der Waals surface area contributed by atoms with Crippen LogP contribution in [0.1, 0.15) is 87.0 Å². The summed E-state index contributed by atoms with van der Waals surface area (Å²) in [5, 5.41) is 0. The quantitative estimate of drug-likeness (QED) is 0.274. The van der Waals surface area contributed by atoms with E-state index in [9.17, 15) is 4.79 Å². The normalized spacial score (nSPS) is 24.4. The minimum atomic E-state index is -0.240. The third-order valence-corrected chi connectivity index (χ3v) is 10.3. The van der Waals surface area contributed by atoms with E-state index in [2.05, 4.69) is 50.2 Å². The van der Waals surface area contributed by atoms with Gasteiger partial charge in [-0.05, 0) is 114 Å². The first kappa shape index (κ1) is 27.8. The molecule has 0 heterocycles. The van der Waals surface area contributed by atoms with Crippen LogP contribution < -0.4 is 9.47 Å². The van der Waals surface area contributed by atoms with Crippen molar-refractivity contribution >= 4 is 5.97 Å². The van der Waals surface area contributed by atoms with Gasteiger partial charge in [0, 0.05) is 11.0 Å². The van der Waals surface area contributed by atoms with Gasteiger partial charge in [0.2, 0.25) is 0 Å². The average Bonchev–Trinajstić information content (AvgIpc) is 3.33. The number of methoxy groups -OCH3 is 2. The standard InChI is InChI=1S/C36H41FO4/c1-35(2)16-6-8-30(35)28-19-23(9-13-27(28)29-20-25(39-3)12-14-33(29)37)22-41-26-11-10-24-7-5-17-36(32(24)21-26)18-15-31(36)34(38)40-4/h9-14,19-21,30-31H,5-8,15-18,22H2,1-4H3/t30-,31-,36+/m0/s1. The molecule has 0 aliphatic heterocycles. The molecule has 3 atom stereocenters. The fourth-order valence-corrected chi connectivity index (χ4v) is 7.94. The largest absolute Gasteiger partial charge is 0.497 e. The molecule has 0 amide bonds. The fourth-order valence-electron chi connectivity index (χ4n) is 7.94. The van der Waals surface area contributed by atoms with Gasteiger partial charge in [0.1, 0.15) is 23.9 Å². The summed E-state index contributed by atoms with van der Waals surface area (Å²) >= 11 is 0. The van der Waals surface area contributed by atoms with E-state index in [4.69, 9.17) is 14.2 Å². The Balaban J connectivity index is 1.31. The van der Waals surface area contributed by atoms with Crippen molar-refractivity contribution in [3.63, 3.8) is 0 Å². The Morgan fingerprint density at radius 2 is 1.73 bits per heavy atom. The van der Waals surface area contributed by atoms with Crippen molar-refractivity contribution < 1.29 is 23.4 Å². The lowest BCUT2D eigenvalue weighted by molar-refractivity contribution is -0.153. The molecule has 216 valence electrons. The number of aryl methyl sites for hydroxylation is 1. The monoisotopic (exact) mass is 556 g/mol. The van der Waals surface area contributed by atoms with E-state index in [1.54, 1.807) is 19.2 Å². The molecule has 0 bridgehead atoms. The molecule has 0 saturated heterocycles. The Kier molecular flexibility index (Phi) is 7.33. The molecule has 2 saturated carbocycles. The zero-order valence-electron chi connectivity index (χ0n) is 24.7. The van der Waals surface area contributed by atoms with Gasteiger partial charge in [-0.25, -0.2) is 4.39 Å². The Morgan fingerprint density at radius 1 is 0.902 bits per heavy atom. The Labute approximate surface area is 243 Å². The number of fused-ring (bicyclic) bond motifs is 2. The first-order valence-electron chi connectivity index (χ1n) is 15.1. The van der Waals surface area contributed by atoms with Gasteiger partial charge in [0.25, 0.3) is 0 Å². The van der Waals surface area contributed by atoms with E-state index >= 15 is 4.39 Å². The van der Waals surface area contributed by atoms with Gasteiger partial charge < -0.3 is 14.2 Å². The maximum atomic E-state index is 15.1. The van der Waals surface area contributed by atoms with E-state index in [0.717, 1.165) is 61.8 Å². The summed E-state index contributed by atoms with van der Waals surface area (Å²) in [5.74, 6) is 1.41. The third kappa shape index (κ3) is 4.91. The number of halogens is 1. The van der Waals surface area contributed by atoms with E-state index in [1.165, 1.54) is 36.3 Å². The molecule has 3 aliphatic rings. The predicted molar refractivity (Wildman–Crippen MR) is 159 cm³/mol. The van der Waals surface area contributed by atoms with Crippen LogP contribution in [0.4, 0.5) is 4.39 Å². The second-order valence-corrected chi connectivity index (χ2v) is 12.9. The number of esters is 1. The highest BCUT2D eigenvalue weighted by molar-refractivity contribution is 5.76. The number of hydrogen-bond donors (Lipinski definition) is 0. The predicted octanol–water partition coefficient (Wildman–Crippen LogP) is 8.53. The van der Waals surface area contributed by atoms with Crippen molar-refractivity contribution in [3.8, 4) is 22.6 Å². The molecular weight excluding hydrogens is 515 g/mol. The topological polar surface area (TPSA) is 44.8 Å². The molecule has 6 rings (SSSR count). The first-order chi connectivity index (χ1) is 19.8. The van der Waals surface area contributed by atoms with Gasteiger partial charge >= 0.3 is 5.97 Å². The summed E-state index contributed by atoms with van der Waals surface area (Å²) in [6.45, 7) is 5.07. The zero-order valence-corrected chi connectivity index (χ0v) is 24.7. The first-order valence-corrected chi connectivity index (χ1v) is 15.1. The second-order valence-electron chi connectivity index (χ2n) is 12.9. The molecule has 4 nitrogen and oxygen atoms in total. The number of carbonyl (C=O) groups excluding carboxylic acids is 1. The van der Waals surface area contributed by atoms with Crippen molar-refractivity contribution in [2.75, 3.05) is 14.2 Å². The van der Waals surface area contributed by atoms with Gasteiger partial charge in [-0.3, -0.25) is 4.79 Å². The molecule has 0 unspecified atom stereocenters. The Morgan fingerprint density at radius 3 is 2.44 bits per heavy atom. The van der Waals surface area contributed by atoms with E-state index in [0.29, 0.717) is 23.8 Å². The summed E-state index contributed by atoms with van der Waals surface area (Å²) < 4.78 is 32.1. The zero-order chi connectivity index (χ0) is 28.8. The molecule has 41 heavy (non-hydrogen) atoms. The number of rotatable bonds is 7. The maximum absolute atomic E-state index is 15.1. The highest BCUT2D eigenvalue weighted by atomic mass is 19.1. The second kappa shape index (κ2) is 10.8. The summed E-state index contributed by atoms with van der Waals surface area (Å²) in [6.07, 6.45) is 8.47. The van der Waals surface area contributed by atoms with Crippen LogP contribution in [0.5, 0.6) is 11.5 Å². The highest BCUT2D eigenvalue weighted by Gasteiger charge is 2.53. The Hall–Kier alpha value is -3.34. The third-order valence-electron chi connectivity index (χ3n) is 10.3. The number of ether oxygens (including phenoxy) is 3. The van der Waals surface area contributed by atoms with Gasteiger partial charge in [0.05, 0.1) is 20.1 Å². The lowest BCUT2D eigenvalue weighted by Gasteiger charge is -2.51. The van der Waals surface area contributed by atoms with Gasteiger partial charge in [-0.2, -0.15) is 0 Å². The van der Waals surface area contributed by atoms with Crippen LogP contribution in [-0.4, -0.2) is 20.2 Å². The van der Waals surface area contributed by atoms with Gasteiger partial charge in [-0.15, -0.1) is 0 Å². The minimum Gasteiger partial charge on any atom is -0.497 e. The van der Waals surface area contributed by atoms with Crippen LogP contribution in [0.3, 0.4) is 0 Å². The van der Waals surface area contributed by atoms with Gasteiger partial charge in [-0.1, -0.05) is 44.5 Å². The van der Waals surface area contributed by atoms with Crippen LogP contribution in [-0.2, 0) is 28.0 Å². The van der Waals surface area contributed by atoms with Crippen molar-refractivity contribution in [2.45, 2.75) is 83.2 Å². The van der Waals surface area contributed by atoms with Crippen molar-refractivity contribution in [2.24, 2.45) is 11.3 Å². The molecule has 0 N–H and O–H groups in total. The van der Waals surface area contributed by atoms with Crippen molar-refractivity contribution in [1.29, 1.82) is 0 Å². The lowest BCUT2D eigenvalue weighted by Crippen LogP contribution is -2.50. The highest BCUT2D eigenvalue weighted by Crippen LogP contribution is 2.56. The molecule has 1 spiro atoms. The average molecular weight is 557 g/mol. The van der Waals surface area contributed by atoms with Crippen molar-refractivity contribution in [3.05, 3.63) is 82.7 Å². The van der Waals surface area contributed by atoms with Crippen LogP contribution in [0, 0.1) is 17.2 Å². The smallest absolute Gasteiger partial charge is 0.309 e.